The minimum absolute atomic E-state index is 1.23. The highest BCUT2D eigenvalue weighted by molar-refractivity contribution is 5.31. The maximum absolute atomic E-state index is 2.38. The van der Waals surface area contributed by atoms with Gasteiger partial charge in [-0.1, -0.05) is 50.5 Å². The standard InChI is InChI=1S/C11H18.C2H6/c1-4-10-6-7-11(5-2)9(3)8-10;1-2/h8H,4-7H2,1-3H3;1-2H3. The molecule has 0 atom stereocenters. The molecule has 0 aromatic heterocycles. The molecule has 76 valence electrons. The Morgan fingerprint density at radius 1 is 1.08 bits per heavy atom. The van der Waals surface area contributed by atoms with Crippen LogP contribution in [0.25, 0.3) is 0 Å². The van der Waals surface area contributed by atoms with Crippen LogP contribution < -0.4 is 0 Å². The molecule has 0 heteroatoms. The molecule has 13 heavy (non-hydrogen) atoms. The Balaban J connectivity index is 0.000000671. The minimum atomic E-state index is 1.23. The average molecular weight is 180 g/mol. The average Bonchev–Trinajstić information content (AvgIpc) is 2.20. The van der Waals surface area contributed by atoms with E-state index in [1.165, 1.54) is 31.3 Å². The zero-order valence-electron chi connectivity index (χ0n) is 9.91. The highest BCUT2D eigenvalue weighted by Gasteiger charge is 2.06. The summed E-state index contributed by atoms with van der Waals surface area (Å²) in [6.45, 7) is 10.7. The number of hydrogen-bond acceptors (Lipinski definition) is 0. The van der Waals surface area contributed by atoms with Crippen molar-refractivity contribution >= 4 is 0 Å². The van der Waals surface area contributed by atoms with Crippen LogP contribution >= 0.6 is 0 Å². The number of hydrogen-bond donors (Lipinski definition) is 0. The van der Waals surface area contributed by atoms with Crippen molar-refractivity contribution in [2.45, 2.75) is 60.3 Å². The second-order valence-corrected chi connectivity index (χ2v) is 3.30. The summed E-state index contributed by atoms with van der Waals surface area (Å²) in [5.74, 6) is 0. The summed E-state index contributed by atoms with van der Waals surface area (Å²) in [7, 11) is 0. The zero-order valence-corrected chi connectivity index (χ0v) is 9.91. The molecule has 0 aromatic carbocycles. The lowest BCUT2D eigenvalue weighted by atomic mass is 9.91. The maximum atomic E-state index is 2.38. The first-order valence-corrected chi connectivity index (χ1v) is 5.66. The normalized spacial score (nSPS) is 16.2. The molecule has 0 amide bonds. The van der Waals surface area contributed by atoms with Crippen LogP contribution in [0.15, 0.2) is 22.8 Å². The van der Waals surface area contributed by atoms with Crippen molar-refractivity contribution in [3.63, 3.8) is 0 Å². The first-order chi connectivity index (χ1) is 6.27. The Morgan fingerprint density at radius 3 is 2.08 bits per heavy atom. The van der Waals surface area contributed by atoms with Gasteiger partial charge >= 0.3 is 0 Å². The third-order valence-electron chi connectivity index (χ3n) is 2.61. The highest BCUT2D eigenvalue weighted by atomic mass is 14.1. The molecule has 0 saturated carbocycles. The number of allylic oxidation sites excluding steroid dienone is 4. The van der Waals surface area contributed by atoms with E-state index in [1.807, 2.05) is 13.8 Å². The van der Waals surface area contributed by atoms with Crippen LogP contribution in [0, 0.1) is 0 Å². The molecule has 0 aromatic rings. The van der Waals surface area contributed by atoms with Gasteiger partial charge in [-0.25, -0.2) is 0 Å². The van der Waals surface area contributed by atoms with E-state index < -0.39 is 0 Å². The van der Waals surface area contributed by atoms with Crippen molar-refractivity contribution in [3.05, 3.63) is 22.8 Å². The van der Waals surface area contributed by atoms with E-state index >= 15 is 0 Å². The highest BCUT2D eigenvalue weighted by Crippen LogP contribution is 2.26. The van der Waals surface area contributed by atoms with Crippen LogP contribution in [-0.4, -0.2) is 0 Å². The van der Waals surface area contributed by atoms with Gasteiger partial charge in [-0.15, -0.1) is 0 Å². The summed E-state index contributed by atoms with van der Waals surface area (Å²) in [6, 6.07) is 0. The van der Waals surface area contributed by atoms with Gasteiger partial charge in [0.2, 0.25) is 0 Å². The molecule has 0 spiro atoms. The number of rotatable bonds is 2. The van der Waals surface area contributed by atoms with Crippen molar-refractivity contribution in [2.75, 3.05) is 0 Å². The quantitative estimate of drug-likeness (QED) is 0.568. The van der Waals surface area contributed by atoms with Gasteiger partial charge in [0.1, 0.15) is 0 Å². The monoisotopic (exact) mass is 180 g/mol. The molecule has 0 heterocycles. The van der Waals surface area contributed by atoms with Crippen LogP contribution in [0.3, 0.4) is 0 Å². The van der Waals surface area contributed by atoms with E-state index in [2.05, 4.69) is 26.8 Å². The van der Waals surface area contributed by atoms with Crippen molar-refractivity contribution in [3.8, 4) is 0 Å². The molecule has 1 rings (SSSR count). The van der Waals surface area contributed by atoms with Crippen LogP contribution in [0.2, 0.25) is 0 Å². The van der Waals surface area contributed by atoms with Gasteiger partial charge in [-0.2, -0.15) is 0 Å². The first-order valence-electron chi connectivity index (χ1n) is 5.66. The van der Waals surface area contributed by atoms with E-state index in [9.17, 15) is 0 Å². The van der Waals surface area contributed by atoms with Gasteiger partial charge in [0, 0.05) is 0 Å². The lowest BCUT2D eigenvalue weighted by Gasteiger charge is -2.16. The van der Waals surface area contributed by atoms with Gasteiger partial charge in [-0.05, 0) is 32.6 Å². The third-order valence-corrected chi connectivity index (χ3v) is 2.61. The van der Waals surface area contributed by atoms with Crippen molar-refractivity contribution in [2.24, 2.45) is 0 Å². The fourth-order valence-electron chi connectivity index (χ4n) is 1.72. The summed E-state index contributed by atoms with van der Waals surface area (Å²) in [5.41, 5.74) is 4.80. The predicted molar refractivity (Wildman–Crippen MR) is 61.9 cm³/mol. The largest absolute Gasteiger partial charge is 0.0699 e. The summed E-state index contributed by atoms with van der Waals surface area (Å²) in [5, 5.41) is 0. The molecule has 0 fully saturated rings. The maximum Gasteiger partial charge on any atom is -0.0277 e. The van der Waals surface area contributed by atoms with Crippen molar-refractivity contribution in [1.82, 2.24) is 0 Å². The van der Waals surface area contributed by atoms with Crippen molar-refractivity contribution < 1.29 is 0 Å². The Labute approximate surface area is 83.7 Å². The second kappa shape index (κ2) is 6.94. The fraction of sp³-hybridized carbons (Fsp3) is 0.692. The lowest BCUT2D eigenvalue weighted by Crippen LogP contribution is -1.96. The Hall–Kier alpha value is -0.520. The lowest BCUT2D eigenvalue weighted by molar-refractivity contribution is 0.809. The van der Waals surface area contributed by atoms with Crippen LogP contribution in [0.4, 0.5) is 0 Å². The first kappa shape index (κ1) is 12.5. The van der Waals surface area contributed by atoms with E-state index in [0.29, 0.717) is 0 Å². The van der Waals surface area contributed by atoms with Gasteiger partial charge in [0.15, 0.2) is 0 Å². The Morgan fingerprint density at radius 2 is 1.69 bits per heavy atom. The van der Waals surface area contributed by atoms with Crippen LogP contribution in [0.5, 0.6) is 0 Å². The van der Waals surface area contributed by atoms with E-state index in [0.717, 1.165) is 0 Å². The minimum Gasteiger partial charge on any atom is -0.0699 e. The molecule has 0 unspecified atom stereocenters. The fourth-order valence-corrected chi connectivity index (χ4v) is 1.72. The van der Waals surface area contributed by atoms with Gasteiger partial charge in [0.25, 0.3) is 0 Å². The van der Waals surface area contributed by atoms with Crippen molar-refractivity contribution in [1.29, 1.82) is 0 Å². The molecular formula is C13H24. The molecule has 0 nitrogen and oxygen atoms in total. The summed E-state index contributed by atoms with van der Waals surface area (Å²) in [6.07, 6.45) is 7.45. The summed E-state index contributed by atoms with van der Waals surface area (Å²) < 4.78 is 0. The Kier molecular flexibility index (Phi) is 6.66. The molecule has 0 N–H and O–H groups in total. The Bertz CT molecular complexity index is 194. The van der Waals surface area contributed by atoms with Gasteiger partial charge in [-0.3, -0.25) is 0 Å². The summed E-state index contributed by atoms with van der Waals surface area (Å²) >= 11 is 0. The molecule has 0 bridgehead atoms. The second-order valence-electron chi connectivity index (χ2n) is 3.30. The van der Waals surface area contributed by atoms with E-state index in [-0.39, 0.29) is 0 Å². The summed E-state index contributed by atoms with van der Waals surface area (Å²) in [4.78, 5) is 0. The molecule has 0 saturated heterocycles. The molecule has 0 radical (unpaired) electrons. The predicted octanol–water partition coefficient (Wildman–Crippen LogP) is 4.87. The molecule has 1 aliphatic carbocycles. The third kappa shape index (κ3) is 3.80. The molecular weight excluding hydrogens is 156 g/mol. The molecule has 1 aliphatic rings. The molecule has 0 aliphatic heterocycles. The SMILES string of the molecule is CC.CCC1=CC(C)=C(CC)CC1. The topological polar surface area (TPSA) is 0 Å². The van der Waals surface area contributed by atoms with Crippen LogP contribution in [0.1, 0.15) is 60.3 Å². The smallest absolute Gasteiger partial charge is 0.0277 e. The van der Waals surface area contributed by atoms with Crippen LogP contribution in [-0.2, 0) is 0 Å². The van der Waals surface area contributed by atoms with Gasteiger partial charge < -0.3 is 0 Å². The van der Waals surface area contributed by atoms with Gasteiger partial charge in [0.05, 0.1) is 0 Å². The van der Waals surface area contributed by atoms with E-state index in [4.69, 9.17) is 0 Å². The zero-order chi connectivity index (χ0) is 10.3. The van der Waals surface area contributed by atoms with E-state index in [1.54, 1.807) is 11.1 Å².